The summed E-state index contributed by atoms with van der Waals surface area (Å²) in [7, 11) is -3.61. The summed E-state index contributed by atoms with van der Waals surface area (Å²) in [5.41, 5.74) is 7.79. The van der Waals surface area contributed by atoms with E-state index in [9.17, 15) is 8.42 Å². The molecule has 2 N–H and O–H groups in total. The number of anilines is 1. The second-order valence-electron chi connectivity index (χ2n) is 5.42. The maximum absolute atomic E-state index is 12.8. The summed E-state index contributed by atoms with van der Waals surface area (Å²) in [6, 6.07) is 8.41. The lowest BCUT2D eigenvalue weighted by Crippen LogP contribution is -2.25. The minimum Gasteiger partial charge on any atom is -0.368 e. The molecule has 0 spiro atoms. The predicted octanol–water partition coefficient (Wildman–Crippen LogP) is 0.949. The molecule has 1 aliphatic rings. The molecule has 24 heavy (non-hydrogen) atoms. The normalized spacial score (nSPS) is 14.7. The molecule has 9 heteroatoms. The highest BCUT2D eigenvalue weighted by atomic mass is 32.2. The smallest absolute Gasteiger partial charge is 0.243 e. The van der Waals surface area contributed by atoms with Crippen LogP contribution in [-0.4, -0.2) is 32.5 Å². The van der Waals surface area contributed by atoms with Gasteiger partial charge in [-0.05, 0) is 30.3 Å². The molecule has 2 aromatic heterocycles. The van der Waals surface area contributed by atoms with E-state index in [2.05, 4.69) is 15.1 Å². The molecule has 0 unspecified atom stereocenters. The van der Waals surface area contributed by atoms with Gasteiger partial charge in [0, 0.05) is 30.7 Å². The van der Waals surface area contributed by atoms with E-state index in [1.807, 2.05) is 0 Å². The van der Waals surface area contributed by atoms with Crippen LogP contribution in [-0.2, 0) is 23.1 Å². The van der Waals surface area contributed by atoms with Gasteiger partial charge in [0.15, 0.2) is 0 Å². The molecule has 0 radical (unpaired) electrons. The van der Waals surface area contributed by atoms with E-state index in [1.54, 1.807) is 53.6 Å². The van der Waals surface area contributed by atoms with E-state index in [4.69, 9.17) is 5.73 Å². The van der Waals surface area contributed by atoms with Gasteiger partial charge in [0.1, 0.15) is 0 Å². The van der Waals surface area contributed by atoms with Crippen molar-refractivity contribution in [1.82, 2.24) is 24.1 Å². The number of sulfonamides is 1. The van der Waals surface area contributed by atoms with Crippen LogP contribution in [0.1, 0.15) is 11.3 Å². The van der Waals surface area contributed by atoms with Crippen molar-refractivity contribution in [2.24, 2.45) is 0 Å². The van der Waals surface area contributed by atoms with E-state index in [0.29, 0.717) is 5.69 Å². The first-order chi connectivity index (χ1) is 11.5. The molecule has 3 heterocycles. The zero-order valence-electron chi connectivity index (χ0n) is 12.6. The van der Waals surface area contributed by atoms with Crippen molar-refractivity contribution in [2.45, 2.75) is 18.0 Å². The third-order valence-corrected chi connectivity index (χ3v) is 5.70. The third kappa shape index (κ3) is 2.43. The Bertz CT molecular complexity index is 983. The molecule has 1 aliphatic heterocycles. The number of hydrogen-bond acceptors (Lipinski definition) is 6. The van der Waals surface area contributed by atoms with E-state index in [1.165, 1.54) is 4.31 Å². The summed E-state index contributed by atoms with van der Waals surface area (Å²) < 4.78 is 28.7. The van der Waals surface area contributed by atoms with Gasteiger partial charge < -0.3 is 5.73 Å². The Morgan fingerprint density at radius 2 is 1.92 bits per heavy atom. The standard InChI is InChI=1S/C15H14N6O2S/c16-15-17-8-11-9-20(10-14(11)19-15)24(22,23)13-4-2-12(3-5-13)21-7-1-6-18-21/h1-8H,9-10H2,(H2,16,17,19). The van der Waals surface area contributed by atoms with Crippen LogP contribution >= 0.6 is 0 Å². The number of aromatic nitrogens is 4. The molecule has 0 saturated carbocycles. The van der Waals surface area contributed by atoms with Crippen molar-refractivity contribution in [3.63, 3.8) is 0 Å². The van der Waals surface area contributed by atoms with Gasteiger partial charge in [-0.25, -0.2) is 23.1 Å². The summed E-state index contributed by atoms with van der Waals surface area (Å²) in [6.45, 7) is 0.449. The third-order valence-electron chi connectivity index (χ3n) is 3.89. The first-order valence-electron chi connectivity index (χ1n) is 7.24. The minimum absolute atomic E-state index is 0.150. The Morgan fingerprint density at radius 3 is 2.62 bits per heavy atom. The molecule has 3 aromatic rings. The topological polar surface area (TPSA) is 107 Å². The van der Waals surface area contributed by atoms with Crippen molar-refractivity contribution in [3.8, 4) is 5.69 Å². The second-order valence-corrected chi connectivity index (χ2v) is 7.36. The largest absolute Gasteiger partial charge is 0.368 e. The van der Waals surface area contributed by atoms with Gasteiger partial charge in [0.05, 0.1) is 22.8 Å². The number of rotatable bonds is 3. The molecule has 0 atom stereocenters. The molecule has 1 aromatic carbocycles. The maximum Gasteiger partial charge on any atom is 0.243 e. The Balaban J connectivity index is 1.62. The first-order valence-corrected chi connectivity index (χ1v) is 8.68. The lowest BCUT2D eigenvalue weighted by atomic mass is 10.3. The van der Waals surface area contributed by atoms with Gasteiger partial charge in [-0.3, -0.25) is 0 Å². The monoisotopic (exact) mass is 342 g/mol. The predicted molar refractivity (Wildman–Crippen MR) is 86.4 cm³/mol. The molecule has 0 aliphatic carbocycles. The minimum atomic E-state index is -3.61. The van der Waals surface area contributed by atoms with Gasteiger partial charge >= 0.3 is 0 Å². The van der Waals surface area contributed by atoms with Crippen molar-refractivity contribution in [1.29, 1.82) is 0 Å². The van der Waals surface area contributed by atoms with Crippen LogP contribution in [0.3, 0.4) is 0 Å². The van der Waals surface area contributed by atoms with Crippen LogP contribution in [0.5, 0.6) is 0 Å². The molecule has 0 amide bonds. The lowest BCUT2D eigenvalue weighted by Gasteiger charge is -2.15. The second kappa shape index (κ2) is 5.39. The fourth-order valence-electron chi connectivity index (χ4n) is 2.65. The van der Waals surface area contributed by atoms with Gasteiger partial charge in [0.25, 0.3) is 0 Å². The first kappa shape index (κ1) is 14.8. The molecule has 0 fully saturated rings. The summed E-state index contributed by atoms with van der Waals surface area (Å²) in [4.78, 5) is 8.25. The number of hydrogen-bond donors (Lipinski definition) is 1. The number of nitrogen functional groups attached to an aromatic ring is 1. The lowest BCUT2D eigenvalue weighted by molar-refractivity contribution is 0.430. The highest BCUT2D eigenvalue weighted by molar-refractivity contribution is 7.89. The van der Waals surface area contributed by atoms with Crippen LogP contribution in [0.25, 0.3) is 5.69 Å². The molecular formula is C15H14N6O2S. The number of benzene rings is 1. The Labute approximate surface area is 138 Å². The quantitative estimate of drug-likeness (QED) is 0.759. The molecule has 8 nitrogen and oxygen atoms in total. The Morgan fingerprint density at radius 1 is 1.12 bits per heavy atom. The Kier molecular flexibility index (Phi) is 3.32. The van der Waals surface area contributed by atoms with E-state index in [0.717, 1.165) is 11.3 Å². The van der Waals surface area contributed by atoms with Crippen LogP contribution in [0.2, 0.25) is 0 Å². The summed E-state index contributed by atoms with van der Waals surface area (Å²) in [5, 5.41) is 4.12. The van der Waals surface area contributed by atoms with Gasteiger partial charge in [0.2, 0.25) is 16.0 Å². The SMILES string of the molecule is Nc1ncc2c(n1)CN(S(=O)(=O)c1ccc(-n3cccn3)cc1)C2. The average Bonchev–Trinajstić information content (AvgIpc) is 3.24. The number of fused-ring (bicyclic) bond motifs is 1. The highest BCUT2D eigenvalue weighted by Crippen LogP contribution is 2.27. The van der Waals surface area contributed by atoms with Crippen molar-refractivity contribution in [3.05, 3.63) is 60.2 Å². The fraction of sp³-hybridized carbons (Fsp3) is 0.133. The van der Waals surface area contributed by atoms with E-state index < -0.39 is 10.0 Å². The van der Waals surface area contributed by atoms with Gasteiger partial charge in [-0.1, -0.05) is 0 Å². The number of nitrogens with two attached hydrogens (primary N) is 1. The Hall–Kier alpha value is -2.78. The summed E-state index contributed by atoms with van der Waals surface area (Å²) in [6.07, 6.45) is 5.04. The van der Waals surface area contributed by atoms with Gasteiger partial charge in [-0.2, -0.15) is 9.40 Å². The number of nitrogens with zero attached hydrogens (tertiary/aromatic N) is 5. The molecule has 0 saturated heterocycles. The highest BCUT2D eigenvalue weighted by Gasteiger charge is 2.31. The van der Waals surface area contributed by atoms with E-state index >= 15 is 0 Å². The summed E-state index contributed by atoms with van der Waals surface area (Å²) in [5.74, 6) is 0.150. The summed E-state index contributed by atoms with van der Waals surface area (Å²) >= 11 is 0. The van der Waals surface area contributed by atoms with Gasteiger partial charge in [-0.15, -0.1) is 0 Å². The zero-order chi connectivity index (χ0) is 16.7. The molecule has 4 rings (SSSR count). The molecule has 122 valence electrons. The van der Waals surface area contributed by atoms with Crippen LogP contribution in [0.15, 0.2) is 53.8 Å². The van der Waals surface area contributed by atoms with E-state index in [-0.39, 0.29) is 23.9 Å². The fourth-order valence-corrected chi connectivity index (χ4v) is 4.03. The molecular weight excluding hydrogens is 328 g/mol. The van der Waals surface area contributed by atoms with Crippen molar-refractivity contribution >= 4 is 16.0 Å². The maximum atomic E-state index is 12.8. The van der Waals surface area contributed by atoms with Crippen molar-refractivity contribution < 1.29 is 8.42 Å². The van der Waals surface area contributed by atoms with Crippen LogP contribution in [0.4, 0.5) is 5.95 Å². The average molecular weight is 342 g/mol. The zero-order valence-corrected chi connectivity index (χ0v) is 13.4. The van der Waals surface area contributed by atoms with Crippen LogP contribution < -0.4 is 5.73 Å². The van der Waals surface area contributed by atoms with Crippen molar-refractivity contribution in [2.75, 3.05) is 5.73 Å². The van der Waals surface area contributed by atoms with Crippen LogP contribution in [0, 0.1) is 0 Å². The molecule has 0 bridgehead atoms.